The van der Waals surface area contributed by atoms with E-state index in [0.717, 1.165) is 18.6 Å². The van der Waals surface area contributed by atoms with Crippen molar-refractivity contribution in [1.82, 2.24) is 0 Å². The quantitative estimate of drug-likeness (QED) is 0.883. The highest BCUT2D eigenvalue weighted by Gasteiger charge is 2.38. The summed E-state index contributed by atoms with van der Waals surface area (Å²) in [5, 5.41) is 0. The van der Waals surface area contributed by atoms with Gasteiger partial charge in [-0.05, 0) is 51.0 Å². The Morgan fingerprint density at radius 1 is 1.05 bits per heavy atom. The highest BCUT2D eigenvalue weighted by molar-refractivity contribution is 5.39. The largest absolute Gasteiger partial charge is 0.491 e. The molecule has 1 aromatic rings. The Morgan fingerprint density at radius 3 is 2.21 bits per heavy atom. The molecule has 0 atom stereocenters. The van der Waals surface area contributed by atoms with Crippen molar-refractivity contribution >= 4 is 0 Å². The molecule has 0 radical (unpaired) electrons. The molecule has 2 heteroatoms. The summed E-state index contributed by atoms with van der Waals surface area (Å²) < 4.78 is 5.94. The minimum atomic E-state index is -0.221. The molecular weight excluding hydrogens is 234 g/mol. The van der Waals surface area contributed by atoms with E-state index in [1.54, 1.807) is 0 Å². The molecule has 2 rings (SSSR count). The first-order valence-corrected chi connectivity index (χ1v) is 7.37. The minimum absolute atomic E-state index is 0.185. The first-order valence-electron chi connectivity index (χ1n) is 7.37. The van der Waals surface area contributed by atoms with Crippen LogP contribution in [-0.2, 0) is 5.54 Å². The molecule has 0 bridgehead atoms. The predicted octanol–water partition coefficient (Wildman–Crippen LogP) is 4.23. The topological polar surface area (TPSA) is 35.2 Å². The smallest absolute Gasteiger partial charge is 0.124 e. The summed E-state index contributed by atoms with van der Waals surface area (Å²) in [4.78, 5) is 0. The third kappa shape index (κ3) is 3.30. The van der Waals surface area contributed by atoms with Gasteiger partial charge in [0.05, 0.1) is 6.10 Å². The van der Waals surface area contributed by atoms with E-state index < -0.39 is 0 Å². The van der Waals surface area contributed by atoms with Gasteiger partial charge in [0.2, 0.25) is 0 Å². The van der Waals surface area contributed by atoms with Crippen LogP contribution in [0.2, 0.25) is 0 Å². The van der Waals surface area contributed by atoms with E-state index in [0.29, 0.717) is 5.41 Å². The van der Waals surface area contributed by atoms with Crippen LogP contribution in [0.15, 0.2) is 24.3 Å². The molecule has 0 amide bonds. The van der Waals surface area contributed by atoms with E-state index in [2.05, 4.69) is 39.8 Å². The lowest BCUT2D eigenvalue weighted by Gasteiger charge is -2.42. The van der Waals surface area contributed by atoms with Gasteiger partial charge in [-0.2, -0.15) is 0 Å². The zero-order chi connectivity index (χ0) is 14.1. The van der Waals surface area contributed by atoms with Gasteiger partial charge >= 0.3 is 0 Å². The maximum Gasteiger partial charge on any atom is 0.124 e. The van der Waals surface area contributed by atoms with E-state index in [1.807, 2.05) is 12.1 Å². The second-order valence-corrected chi connectivity index (χ2v) is 6.98. The molecule has 0 aliphatic heterocycles. The van der Waals surface area contributed by atoms with Crippen LogP contribution in [0.3, 0.4) is 0 Å². The van der Waals surface area contributed by atoms with Crippen LogP contribution in [0.5, 0.6) is 5.75 Å². The summed E-state index contributed by atoms with van der Waals surface area (Å²) in [6.45, 7) is 8.79. The Kier molecular flexibility index (Phi) is 3.91. The number of para-hydroxylation sites is 1. The Balaban J connectivity index is 2.26. The minimum Gasteiger partial charge on any atom is -0.491 e. The molecule has 1 aromatic carbocycles. The fourth-order valence-electron chi connectivity index (χ4n) is 2.88. The molecule has 2 N–H and O–H groups in total. The first-order chi connectivity index (χ1) is 8.82. The summed E-state index contributed by atoms with van der Waals surface area (Å²) >= 11 is 0. The molecule has 0 heterocycles. The second kappa shape index (κ2) is 5.16. The molecular formula is C17H27NO. The highest BCUT2D eigenvalue weighted by atomic mass is 16.5. The fraction of sp³-hybridized carbons (Fsp3) is 0.647. The van der Waals surface area contributed by atoms with Gasteiger partial charge in [0.25, 0.3) is 0 Å². The molecule has 1 saturated carbocycles. The van der Waals surface area contributed by atoms with Gasteiger partial charge in [-0.15, -0.1) is 0 Å². The Bertz CT molecular complexity index is 427. The molecule has 19 heavy (non-hydrogen) atoms. The van der Waals surface area contributed by atoms with Crippen molar-refractivity contribution in [1.29, 1.82) is 0 Å². The van der Waals surface area contributed by atoms with E-state index in [9.17, 15) is 0 Å². The monoisotopic (exact) mass is 261 g/mol. The van der Waals surface area contributed by atoms with Crippen molar-refractivity contribution in [2.75, 3.05) is 0 Å². The van der Waals surface area contributed by atoms with Gasteiger partial charge in [-0.25, -0.2) is 0 Å². The average Bonchev–Trinajstić information content (AvgIpc) is 2.33. The normalized spacial score (nSPS) is 21.4. The van der Waals surface area contributed by atoms with Crippen LogP contribution in [0.25, 0.3) is 0 Å². The summed E-state index contributed by atoms with van der Waals surface area (Å²) in [5.41, 5.74) is 8.08. The SMILES string of the molecule is CC(C)Oc1ccccc1C1(N)CCC(C)(C)CC1. The second-order valence-electron chi connectivity index (χ2n) is 6.98. The lowest BCUT2D eigenvalue weighted by Crippen LogP contribution is -2.42. The fourth-order valence-corrected chi connectivity index (χ4v) is 2.88. The number of benzene rings is 1. The molecule has 1 fully saturated rings. The molecule has 1 aliphatic rings. The summed E-state index contributed by atoms with van der Waals surface area (Å²) in [5.74, 6) is 0.958. The van der Waals surface area contributed by atoms with Crippen molar-refractivity contribution in [2.24, 2.45) is 11.1 Å². The lowest BCUT2D eigenvalue weighted by atomic mass is 9.67. The average molecular weight is 261 g/mol. The molecule has 106 valence electrons. The first kappa shape index (κ1) is 14.4. The number of ether oxygens (including phenoxy) is 1. The number of hydrogen-bond donors (Lipinski definition) is 1. The van der Waals surface area contributed by atoms with Crippen LogP contribution >= 0.6 is 0 Å². The Hall–Kier alpha value is -1.02. The zero-order valence-electron chi connectivity index (χ0n) is 12.7. The van der Waals surface area contributed by atoms with Gasteiger partial charge in [0, 0.05) is 11.1 Å². The summed E-state index contributed by atoms with van der Waals surface area (Å²) in [6, 6.07) is 8.27. The van der Waals surface area contributed by atoms with Crippen LogP contribution in [0.1, 0.15) is 58.9 Å². The third-order valence-electron chi connectivity index (χ3n) is 4.28. The third-order valence-corrected chi connectivity index (χ3v) is 4.28. The highest BCUT2D eigenvalue weighted by Crippen LogP contribution is 2.45. The van der Waals surface area contributed by atoms with E-state index >= 15 is 0 Å². The van der Waals surface area contributed by atoms with Gasteiger partial charge in [0.15, 0.2) is 0 Å². The molecule has 0 spiro atoms. The summed E-state index contributed by atoms with van der Waals surface area (Å²) in [7, 11) is 0. The van der Waals surface area contributed by atoms with Crippen LogP contribution < -0.4 is 10.5 Å². The number of hydrogen-bond acceptors (Lipinski definition) is 2. The van der Waals surface area contributed by atoms with Gasteiger partial charge < -0.3 is 10.5 Å². The van der Waals surface area contributed by atoms with Crippen LogP contribution in [0, 0.1) is 5.41 Å². The van der Waals surface area contributed by atoms with Crippen molar-refractivity contribution in [3.05, 3.63) is 29.8 Å². The lowest BCUT2D eigenvalue weighted by molar-refractivity contribution is 0.158. The Morgan fingerprint density at radius 2 is 1.63 bits per heavy atom. The molecule has 0 saturated heterocycles. The van der Waals surface area contributed by atoms with Crippen molar-refractivity contribution < 1.29 is 4.74 Å². The van der Waals surface area contributed by atoms with Crippen molar-refractivity contribution in [2.45, 2.75) is 65.0 Å². The van der Waals surface area contributed by atoms with Crippen molar-refractivity contribution in [3.63, 3.8) is 0 Å². The van der Waals surface area contributed by atoms with Gasteiger partial charge in [-0.3, -0.25) is 0 Å². The molecule has 1 aliphatic carbocycles. The Labute approximate surface area is 117 Å². The molecule has 0 unspecified atom stereocenters. The van der Waals surface area contributed by atoms with E-state index in [4.69, 9.17) is 10.5 Å². The number of rotatable bonds is 3. The standard InChI is InChI=1S/C17H27NO/c1-13(2)19-15-8-6-5-7-14(15)17(18)11-9-16(3,4)10-12-17/h5-8,13H,9-12,18H2,1-4H3. The molecule has 2 nitrogen and oxygen atoms in total. The van der Waals surface area contributed by atoms with Crippen LogP contribution in [0.4, 0.5) is 0 Å². The maximum atomic E-state index is 6.70. The zero-order valence-corrected chi connectivity index (χ0v) is 12.7. The predicted molar refractivity (Wildman–Crippen MR) is 80.3 cm³/mol. The van der Waals surface area contributed by atoms with Gasteiger partial charge in [0.1, 0.15) is 5.75 Å². The van der Waals surface area contributed by atoms with Crippen molar-refractivity contribution in [3.8, 4) is 5.75 Å². The summed E-state index contributed by atoms with van der Waals surface area (Å²) in [6.07, 6.45) is 4.63. The van der Waals surface area contributed by atoms with Crippen LogP contribution in [-0.4, -0.2) is 6.10 Å². The van der Waals surface area contributed by atoms with E-state index in [-0.39, 0.29) is 11.6 Å². The van der Waals surface area contributed by atoms with Gasteiger partial charge in [-0.1, -0.05) is 32.0 Å². The van der Waals surface area contributed by atoms with E-state index in [1.165, 1.54) is 18.4 Å². The maximum absolute atomic E-state index is 6.70. The number of nitrogens with two attached hydrogens (primary N) is 1. The molecule has 0 aromatic heterocycles.